The molecule has 1 unspecified atom stereocenters. The monoisotopic (exact) mass is 288 g/mol. The second kappa shape index (κ2) is 5.98. The van der Waals surface area contributed by atoms with E-state index in [-0.39, 0.29) is 11.6 Å². The molecule has 2 aliphatic rings. The van der Waals surface area contributed by atoms with Gasteiger partial charge in [-0.15, -0.1) is 0 Å². The van der Waals surface area contributed by atoms with Crippen molar-refractivity contribution >= 4 is 0 Å². The fraction of sp³-hybridized carbons (Fsp3) is 0.667. The van der Waals surface area contributed by atoms with Crippen LogP contribution in [0, 0.1) is 0 Å². The van der Waals surface area contributed by atoms with Gasteiger partial charge in [-0.3, -0.25) is 0 Å². The van der Waals surface area contributed by atoms with E-state index in [4.69, 9.17) is 4.74 Å². The zero-order valence-electron chi connectivity index (χ0n) is 13.6. The predicted molar refractivity (Wildman–Crippen MR) is 86.8 cm³/mol. The van der Waals surface area contributed by atoms with E-state index in [9.17, 15) is 0 Å². The second-order valence-corrected chi connectivity index (χ2v) is 7.05. The van der Waals surface area contributed by atoms with Gasteiger partial charge in [0.05, 0.1) is 6.04 Å². The van der Waals surface area contributed by atoms with Gasteiger partial charge in [0, 0.05) is 24.7 Å². The molecule has 21 heavy (non-hydrogen) atoms. The number of nitrogens with one attached hydrogen (secondary N) is 1. The van der Waals surface area contributed by atoms with Crippen LogP contribution in [0.1, 0.15) is 51.1 Å². The highest BCUT2D eigenvalue weighted by Gasteiger charge is 2.40. The van der Waals surface area contributed by atoms with Crippen molar-refractivity contribution in [2.75, 3.05) is 20.1 Å². The summed E-state index contributed by atoms with van der Waals surface area (Å²) in [6.45, 7) is 6.47. The normalized spacial score (nSPS) is 24.3. The predicted octanol–water partition coefficient (Wildman–Crippen LogP) is 3.36. The van der Waals surface area contributed by atoms with Crippen molar-refractivity contribution in [1.82, 2.24) is 10.2 Å². The molecule has 3 heteroatoms. The number of nitrogens with zero attached hydrogens (tertiary/aromatic N) is 1. The molecule has 1 aromatic rings. The van der Waals surface area contributed by atoms with Gasteiger partial charge in [-0.25, -0.2) is 0 Å². The van der Waals surface area contributed by atoms with E-state index in [1.165, 1.54) is 31.2 Å². The van der Waals surface area contributed by atoms with Crippen molar-refractivity contribution in [1.29, 1.82) is 0 Å². The van der Waals surface area contributed by atoms with Gasteiger partial charge in [-0.2, -0.15) is 0 Å². The molecule has 0 amide bonds. The van der Waals surface area contributed by atoms with Crippen LogP contribution in [-0.4, -0.2) is 36.7 Å². The van der Waals surface area contributed by atoms with Gasteiger partial charge in [-0.05, 0) is 39.8 Å². The molecule has 1 saturated carbocycles. The minimum Gasteiger partial charge on any atom is -0.486 e. The van der Waals surface area contributed by atoms with E-state index in [2.05, 4.69) is 49.3 Å². The molecule has 1 aliphatic heterocycles. The zero-order valence-corrected chi connectivity index (χ0v) is 13.6. The van der Waals surface area contributed by atoms with Crippen LogP contribution in [-0.2, 0) is 0 Å². The van der Waals surface area contributed by atoms with Crippen LogP contribution < -0.4 is 10.1 Å². The number of fused-ring (bicyclic) bond motifs is 1. The highest BCUT2D eigenvalue weighted by Crippen LogP contribution is 2.42. The lowest BCUT2D eigenvalue weighted by Crippen LogP contribution is -2.43. The maximum atomic E-state index is 6.09. The second-order valence-electron chi connectivity index (χ2n) is 7.05. The molecule has 1 fully saturated rings. The molecular weight excluding hydrogens is 260 g/mol. The molecule has 0 aromatic heterocycles. The van der Waals surface area contributed by atoms with Crippen molar-refractivity contribution in [2.24, 2.45) is 0 Å². The van der Waals surface area contributed by atoms with E-state index in [1.54, 1.807) is 0 Å². The third-order valence-electron chi connectivity index (χ3n) is 5.06. The van der Waals surface area contributed by atoms with Crippen LogP contribution in [0.3, 0.4) is 0 Å². The molecule has 1 heterocycles. The van der Waals surface area contributed by atoms with Gasteiger partial charge in [0.1, 0.15) is 11.4 Å². The van der Waals surface area contributed by atoms with Crippen LogP contribution in [0.2, 0.25) is 0 Å². The van der Waals surface area contributed by atoms with E-state index >= 15 is 0 Å². The van der Waals surface area contributed by atoms with E-state index in [0.29, 0.717) is 0 Å². The summed E-state index contributed by atoms with van der Waals surface area (Å²) in [5, 5.41) is 3.72. The summed E-state index contributed by atoms with van der Waals surface area (Å²) in [5.74, 6) is 1.03. The number of likely N-dealkylation sites (N-methyl/N-ethyl adjacent to an activating group) is 1. The van der Waals surface area contributed by atoms with Crippen molar-refractivity contribution in [3.05, 3.63) is 29.8 Å². The number of rotatable bonds is 5. The van der Waals surface area contributed by atoms with Gasteiger partial charge in [0.25, 0.3) is 0 Å². The summed E-state index contributed by atoms with van der Waals surface area (Å²) < 4.78 is 6.09. The first-order valence-corrected chi connectivity index (χ1v) is 8.29. The Morgan fingerprint density at radius 3 is 2.71 bits per heavy atom. The minimum atomic E-state index is -0.171. The molecule has 0 bridgehead atoms. The van der Waals surface area contributed by atoms with Gasteiger partial charge < -0.3 is 15.0 Å². The Balaban J connectivity index is 1.57. The van der Waals surface area contributed by atoms with Crippen LogP contribution >= 0.6 is 0 Å². The van der Waals surface area contributed by atoms with E-state index in [1.807, 2.05) is 6.07 Å². The van der Waals surface area contributed by atoms with Gasteiger partial charge in [-0.1, -0.05) is 31.0 Å². The lowest BCUT2D eigenvalue weighted by atomic mass is 9.94. The van der Waals surface area contributed by atoms with Gasteiger partial charge in [0.2, 0.25) is 0 Å². The van der Waals surface area contributed by atoms with Crippen molar-refractivity contribution in [2.45, 2.75) is 57.2 Å². The average molecular weight is 288 g/mol. The Kier molecular flexibility index (Phi) is 4.23. The first-order valence-electron chi connectivity index (χ1n) is 8.29. The summed E-state index contributed by atoms with van der Waals surface area (Å²) >= 11 is 0. The largest absolute Gasteiger partial charge is 0.486 e. The first kappa shape index (κ1) is 14.9. The summed E-state index contributed by atoms with van der Waals surface area (Å²) in [4.78, 5) is 2.52. The van der Waals surface area contributed by atoms with Crippen molar-refractivity contribution < 1.29 is 4.74 Å². The SMILES string of the molecule is CN(CCNC1c2ccccc2OC1(C)C)C1CCCC1. The number of hydrogen-bond donors (Lipinski definition) is 1. The van der Waals surface area contributed by atoms with Gasteiger partial charge >= 0.3 is 0 Å². The first-order chi connectivity index (χ1) is 10.1. The lowest BCUT2D eigenvalue weighted by molar-refractivity contribution is 0.0945. The number of para-hydroxylation sites is 1. The molecule has 0 radical (unpaired) electrons. The highest BCUT2D eigenvalue weighted by atomic mass is 16.5. The summed E-state index contributed by atoms with van der Waals surface area (Å²) in [5.41, 5.74) is 1.13. The fourth-order valence-corrected chi connectivity index (χ4v) is 3.80. The van der Waals surface area contributed by atoms with Crippen LogP contribution in [0.25, 0.3) is 0 Å². The third-order valence-corrected chi connectivity index (χ3v) is 5.06. The molecule has 0 spiro atoms. The Hall–Kier alpha value is -1.06. The van der Waals surface area contributed by atoms with Crippen molar-refractivity contribution in [3.8, 4) is 5.75 Å². The molecule has 116 valence electrons. The standard InChI is InChI=1S/C18H28N2O/c1-18(2)17(15-10-6-7-11-16(15)21-18)19-12-13-20(3)14-8-4-5-9-14/h6-7,10-11,14,17,19H,4-5,8-9,12-13H2,1-3H3. The molecule has 1 aromatic carbocycles. The molecule has 1 N–H and O–H groups in total. The van der Waals surface area contributed by atoms with E-state index in [0.717, 1.165) is 24.9 Å². The molecule has 1 aliphatic carbocycles. The maximum Gasteiger partial charge on any atom is 0.125 e. The van der Waals surface area contributed by atoms with E-state index < -0.39 is 0 Å². The molecule has 3 nitrogen and oxygen atoms in total. The Bertz CT molecular complexity index is 480. The van der Waals surface area contributed by atoms with Crippen LogP contribution in [0.4, 0.5) is 0 Å². The van der Waals surface area contributed by atoms with Crippen LogP contribution in [0.15, 0.2) is 24.3 Å². The summed E-state index contributed by atoms with van der Waals surface area (Å²) in [6.07, 6.45) is 5.55. The topological polar surface area (TPSA) is 24.5 Å². The molecule has 1 atom stereocenters. The maximum absolute atomic E-state index is 6.09. The van der Waals surface area contributed by atoms with Gasteiger partial charge in [0.15, 0.2) is 0 Å². The summed E-state index contributed by atoms with van der Waals surface area (Å²) in [7, 11) is 2.27. The van der Waals surface area contributed by atoms with Crippen LogP contribution in [0.5, 0.6) is 5.75 Å². The Morgan fingerprint density at radius 1 is 1.24 bits per heavy atom. The lowest BCUT2D eigenvalue weighted by Gasteiger charge is -2.29. The minimum absolute atomic E-state index is 0.171. The number of hydrogen-bond acceptors (Lipinski definition) is 3. The number of ether oxygens (including phenoxy) is 1. The number of benzene rings is 1. The molecule has 3 rings (SSSR count). The molecular formula is C18H28N2O. The third kappa shape index (κ3) is 3.09. The Morgan fingerprint density at radius 2 is 1.95 bits per heavy atom. The highest BCUT2D eigenvalue weighted by molar-refractivity contribution is 5.42. The Labute approximate surface area is 128 Å². The average Bonchev–Trinajstić information content (AvgIpc) is 3.05. The van der Waals surface area contributed by atoms with Crippen molar-refractivity contribution in [3.63, 3.8) is 0 Å². The fourth-order valence-electron chi connectivity index (χ4n) is 3.80. The molecule has 0 saturated heterocycles. The quantitative estimate of drug-likeness (QED) is 0.899. The zero-order chi connectivity index (χ0) is 14.9. The summed E-state index contributed by atoms with van der Waals surface area (Å²) in [6, 6.07) is 9.48. The smallest absolute Gasteiger partial charge is 0.125 e.